The molecule has 29 heavy (non-hydrogen) atoms. The maximum absolute atomic E-state index is 12.5. The Bertz CT molecular complexity index is 1030. The molecule has 152 valence electrons. The van der Waals surface area contributed by atoms with Crippen molar-refractivity contribution >= 4 is 28.4 Å². The third-order valence-corrected chi connectivity index (χ3v) is 4.45. The van der Waals surface area contributed by atoms with Gasteiger partial charge in [-0.1, -0.05) is 32.0 Å². The largest absolute Gasteiger partial charge is 0.329 e. The van der Waals surface area contributed by atoms with E-state index in [0.29, 0.717) is 16.8 Å². The van der Waals surface area contributed by atoms with Crippen molar-refractivity contribution in [3.63, 3.8) is 0 Å². The van der Waals surface area contributed by atoms with Crippen LogP contribution in [-0.2, 0) is 5.54 Å². The second-order valence-corrected chi connectivity index (χ2v) is 6.97. The predicted molar refractivity (Wildman–Crippen MR) is 114 cm³/mol. The number of pyridine rings is 1. The molecule has 0 unspecified atom stereocenters. The quantitative estimate of drug-likeness (QED) is 0.342. The molecule has 0 aliphatic heterocycles. The Morgan fingerprint density at radius 1 is 1.00 bits per heavy atom. The number of anilines is 1. The number of urea groups is 1. The summed E-state index contributed by atoms with van der Waals surface area (Å²) in [6.45, 7) is 9.25. The van der Waals surface area contributed by atoms with Crippen molar-refractivity contribution in [3.8, 4) is 0 Å². The Balaban J connectivity index is 0.00000145. The molecule has 1 heterocycles. The Hall–Kier alpha value is -3.41. The fourth-order valence-corrected chi connectivity index (χ4v) is 2.91. The summed E-state index contributed by atoms with van der Waals surface area (Å²) in [6.07, 6.45) is 1.53. The summed E-state index contributed by atoms with van der Waals surface area (Å²) in [4.78, 5) is 24.1. The van der Waals surface area contributed by atoms with Crippen molar-refractivity contribution in [3.05, 3.63) is 71.9 Å². The van der Waals surface area contributed by atoms with Gasteiger partial charge in [0.2, 0.25) is 6.20 Å². The minimum absolute atomic E-state index is 0.0226. The van der Waals surface area contributed by atoms with E-state index in [2.05, 4.69) is 10.6 Å². The number of fused-ring (bicyclic) bond motifs is 1. The van der Waals surface area contributed by atoms with E-state index in [0.717, 1.165) is 15.7 Å². The molecule has 6 heteroatoms. The molecule has 0 saturated carbocycles. The summed E-state index contributed by atoms with van der Waals surface area (Å²) in [5, 5.41) is 16.5. The average molecular weight is 394 g/mol. The number of amides is 2. The molecule has 0 saturated heterocycles. The highest BCUT2D eigenvalue weighted by atomic mass is 16.5. The van der Waals surface area contributed by atoms with Crippen LogP contribution < -0.4 is 15.4 Å². The first-order valence-corrected chi connectivity index (χ1v) is 9.60. The van der Waals surface area contributed by atoms with Crippen molar-refractivity contribution < 1.29 is 19.5 Å². The fourth-order valence-electron chi connectivity index (χ4n) is 2.91. The molecular weight excluding hydrogens is 366 g/mol. The van der Waals surface area contributed by atoms with Crippen molar-refractivity contribution in [2.24, 2.45) is 0 Å². The lowest BCUT2D eigenvalue weighted by atomic mass is 9.92. The molecule has 0 spiro atoms. The first-order chi connectivity index (χ1) is 13.8. The number of ketones is 1. The molecule has 1 aromatic heterocycles. The van der Waals surface area contributed by atoms with Crippen molar-refractivity contribution in [2.45, 2.75) is 40.2 Å². The lowest BCUT2D eigenvalue weighted by Crippen LogP contribution is -2.43. The van der Waals surface area contributed by atoms with Crippen LogP contribution in [0.1, 0.15) is 50.5 Å². The molecule has 0 aliphatic carbocycles. The summed E-state index contributed by atoms with van der Waals surface area (Å²) in [6, 6.07) is 15.7. The van der Waals surface area contributed by atoms with Gasteiger partial charge in [-0.3, -0.25) is 10.0 Å². The molecule has 6 nitrogen and oxygen atoms in total. The number of Topliss-reactive ketones (excluding diaryl/α,β-unsaturated/α-hetero) is 1. The van der Waals surface area contributed by atoms with Crippen LogP contribution in [-0.4, -0.2) is 17.0 Å². The normalized spacial score (nSPS) is 10.7. The van der Waals surface area contributed by atoms with Crippen molar-refractivity contribution in [1.29, 1.82) is 0 Å². The minimum atomic E-state index is -0.677. The third kappa shape index (κ3) is 5.31. The summed E-state index contributed by atoms with van der Waals surface area (Å²) in [7, 11) is 0. The zero-order valence-corrected chi connectivity index (χ0v) is 17.5. The van der Waals surface area contributed by atoms with E-state index >= 15 is 0 Å². The SMILES string of the molecule is CC.CC(=O)c1cccc(C(C)(C)NC(=O)Nc2ccc3ccc[n+](O)c3c2)c1. The lowest BCUT2D eigenvalue weighted by molar-refractivity contribution is -0.884. The van der Waals surface area contributed by atoms with Gasteiger partial charge in [0.05, 0.1) is 10.9 Å². The summed E-state index contributed by atoms with van der Waals surface area (Å²) < 4.78 is 1.01. The lowest BCUT2D eigenvalue weighted by Gasteiger charge is -2.27. The van der Waals surface area contributed by atoms with Crippen LogP contribution >= 0.6 is 0 Å². The molecule has 0 bridgehead atoms. The van der Waals surface area contributed by atoms with E-state index in [1.807, 2.05) is 45.9 Å². The Labute approximate surface area is 171 Å². The molecular formula is C23H28N3O3+. The maximum Gasteiger partial charge on any atom is 0.319 e. The van der Waals surface area contributed by atoms with Gasteiger partial charge in [-0.15, -0.1) is 0 Å². The Kier molecular flexibility index (Phi) is 6.93. The van der Waals surface area contributed by atoms with Crippen LogP contribution in [0.25, 0.3) is 10.9 Å². The van der Waals surface area contributed by atoms with Gasteiger partial charge in [-0.2, -0.15) is 0 Å². The van der Waals surface area contributed by atoms with Gasteiger partial charge in [0.25, 0.3) is 5.52 Å². The highest BCUT2D eigenvalue weighted by Crippen LogP contribution is 2.22. The summed E-state index contributed by atoms with van der Waals surface area (Å²) in [5.74, 6) is -0.0226. The Morgan fingerprint density at radius 3 is 2.41 bits per heavy atom. The molecule has 3 N–H and O–H groups in total. The number of carbonyl (C=O) groups is 2. The van der Waals surface area contributed by atoms with Gasteiger partial charge >= 0.3 is 6.03 Å². The maximum atomic E-state index is 12.5. The molecule has 0 fully saturated rings. The van der Waals surface area contributed by atoms with E-state index in [1.54, 1.807) is 36.4 Å². The first kappa shape index (κ1) is 21.9. The average Bonchev–Trinajstić information content (AvgIpc) is 2.70. The van der Waals surface area contributed by atoms with Gasteiger partial charge in [0.1, 0.15) is 0 Å². The molecule has 2 aromatic carbocycles. The predicted octanol–water partition coefficient (Wildman–Crippen LogP) is 4.65. The van der Waals surface area contributed by atoms with Gasteiger partial charge in [-0.25, -0.2) is 4.79 Å². The van der Waals surface area contributed by atoms with Gasteiger partial charge in [-0.05, 0) is 50.6 Å². The number of hydrogen-bond donors (Lipinski definition) is 3. The van der Waals surface area contributed by atoms with Gasteiger partial charge in [0, 0.05) is 28.1 Å². The van der Waals surface area contributed by atoms with E-state index < -0.39 is 5.54 Å². The molecule has 3 aromatic rings. The molecule has 0 radical (unpaired) electrons. The third-order valence-electron chi connectivity index (χ3n) is 4.45. The molecule has 0 atom stereocenters. The number of nitrogens with one attached hydrogen (secondary N) is 2. The first-order valence-electron chi connectivity index (χ1n) is 9.60. The molecule has 3 rings (SSSR count). The number of hydrogen-bond acceptors (Lipinski definition) is 3. The van der Waals surface area contributed by atoms with E-state index in [-0.39, 0.29) is 11.8 Å². The second-order valence-electron chi connectivity index (χ2n) is 6.97. The molecule has 0 aliphatic rings. The van der Waals surface area contributed by atoms with Crippen LogP contribution in [0.2, 0.25) is 0 Å². The second kappa shape index (κ2) is 9.19. The van der Waals surface area contributed by atoms with E-state index in [9.17, 15) is 14.8 Å². The van der Waals surface area contributed by atoms with Crippen LogP contribution in [0, 0.1) is 0 Å². The topological polar surface area (TPSA) is 82.3 Å². The smallest absolute Gasteiger partial charge is 0.319 e. The minimum Gasteiger partial charge on any atom is -0.329 e. The number of benzene rings is 2. The van der Waals surface area contributed by atoms with Gasteiger partial charge in [0.15, 0.2) is 5.78 Å². The number of rotatable bonds is 4. The standard InChI is InChI=1S/C21H21N3O3.C2H6/c1-14(25)16-6-4-8-17(12-16)21(2,3)23-20(26)22-18-10-9-15-7-5-11-24(27)19(15)13-18;1-2/h4-13,27H,1-3H3,(H,23,26);1-2H3/p+1. The Morgan fingerprint density at radius 2 is 1.72 bits per heavy atom. The summed E-state index contributed by atoms with van der Waals surface area (Å²) >= 11 is 0. The highest BCUT2D eigenvalue weighted by molar-refractivity contribution is 5.94. The monoisotopic (exact) mass is 394 g/mol. The van der Waals surface area contributed by atoms with E-state index in [1.165, 1.54) is 13.1 Å². The highest BCUT2D eigenvalue weighted by Gasteiger charge is 2.23. The van der Waals surface area contributed by atoms with Crippen molar-refractivity contribution in [1.82, 2.24) is 5.32 Å². The van der Waals surface area contributed by atoms with E-state index in [4.69, 9.17) is 0 Å². The number of carbonyl (C=O) groups excluding carboxylic acids is 2. The fraction of sp³-hybridized carbons (Fsp3) is 0.261. The summed E-state index contributed by atoms with van der Waals surface area (Å²) in [5.41, 5.74) is 1.90. The van der Waals surface area contributed by atoms with Crippen LogP contribution in [0.4, 0.5) is 10.5 Å². The van der Waals surface area contributed by atoms with Crippen LogP contribution in [0.5, 0.6) is 0 Å². The van der Waals surface area contributed by atoms with Crippen LogP contribution in [0.15, 0.2) is 60.8 Å². The van der Waals surface area contributed by atoms with Crippen LogP contribution in [0.3, 0.4) is 0 Å². The van der Waals surface area contributed by atoms with Gasteiger partial charge < -0.3 is 10.6 Å². The number of nitrogens with zero attached hydrogens (tertiary/aromatic N) is 1. The zero-order chi connectivity index (χ0) is 21.6. The zero-order valence-electron chi connectivity index (χ0n) is 17.5. The molecule has 2 amide bonds. The van der Waals surface area contributed by atoms with Crippen molar-refractivity contribution in [2.75, 3.05) is 5.32 Å². The number of aromatic nitrogens is 1.